The van der Waals surface area contributed by atoms with Gasteiger partial charge >= 0.3 is 0 Å². The number of benzene rings is 1. The Morgan fingerprint density at radius 1 is 1.24 bits per heavy atom. The minimum Gasteiger partial charge on any atom is -0.487 e. The van der Waals surface area contributed by atoms with Gasteiger partial charge in [-0.25, -0.2) is 0 Å². The number of hydrogen-bond acceptors (Lipinski definition) is 2. The van der Waals surface area contributed by atoms with Crippen molar-refractivity contribution in [1.82, 2.24) is 4.98 Å². The van der Waals surface area contributed by atoms with Crippen LogP contribution in [0.25, 0.3) is 0 Å². The number of rotatable bonds is 4. The fourth-order valence-corrected chi connectivity index (χ4v) is 2.09. The highest BCUT2D eigenvalue weighted by Crippen LogP contribution is 2.20. The second-order valence-electron chi connectivity index (χ2n) is 4.53. The summed E-state index contributed by atoms with van der Waals surface area (Å²) < 4.78 is 5.72. The van der Waals surface area contributed by atoms with Crippen LogP contribution < -0.4 is 4.74 Å². The quantitative estimate of drug-likeness (QED) is 0.606. The lowest BCUT2D eigenvalue weighted by atomic mass is 10.1. The summed E-state index contributed by atoms with van der Waals surface area (Å²) >= 11 is 11.8. The molecule has 2 nitrogen and oxygen atoms in total. The van der Waals surface area contributed by atoms with Crippen LogP contribution in [-0.4, -0.2) is 10.9 Å². The average molecular weight is 320 g/mol. The van der Waals surface area contributed by atoms with Crippen LogP contribution in [0.3, 0.4) is 0 Å². The zero-order chi connectivity index (χ0) is 15.1. The van der Waals surface area contributed by atoms with E-state index in [2.05, 4.69) is 16.8 Å². The highest BCUT2D eigenvalue weighted by Gasteiger charge is 2.02. The molecule has 0 atom stereocenters. The van der Waals surface area contributed by atoms with Gasteiger partial charge in [0.1, 0.15) is 12.4 Å². The maximum atomic E-state index is 6.18. The van der Waals surface area contributed by atoms with E-state index >= 15 is 0 Å². The zero-order valence-electron chi connectivity index (χ0n) is 11.7. The van der Waals surface area contributed by atoms with Gasteiger partial charge in [-0.1, -0.05) is 35.6 Å². The number of hydrogen-bond donors (Lipinski definition) is 0. The normalized spacial score (nSPS) is 9.86. The van der Waals surface area contributed by atoms with Crippen LogP contribution in [0.15, 0.2) is 36.7 Å². The SMILES string of the molecule is Cc1ccc(COc2cncc(C#CCCCl)c2)c(Cl)c1. The Kier molecular flexibility index (Phi) is 5.92. The topological polar surface area (TPSA) is 22.1 Å². The molecule has 4 heteroatoms. The minimum absolute atomic E-state index is 0.402. The summed E-state index contributed by atoms with van der Waals surface area (Å²) in [6, 6.07) is 7.76. The Hall–Kier alpha value is -1.69. The van der Waals surface area contributed by atoms with Gasteiger partial charge in [0.25, 0.3) is 0 Å². The number of pyridine rings is 1. The molecule has 0 spiro atoms. The van der Waals surface area contributed by atoms with Gasteiger partial charge in [0.05, 0.1) is 6.20 Å². The first kappa shape index (κ1) is 15.7. The van der Waals surface area contributed by atoms with E-state index in [0.29, 0.717) is 29.7 Å². The molecule has 0 fully saturated rings. The molecule has 0 unspecified atom stereocenters. The van der Waals surface area contributed by atoms with Gasteiger partial charge in [-0.3, -0.25) is 4.98 Å². The summed E-state index contributed by atoms with van der Waals surface area (Å²) in [5.74, 6) is 7.17. The lowest BCUT2D eigenvalue weighted by molar-refractivity contribution is 0.305. The second-order valence-corrected chi connectivity index (χ2v) is 5.32. The summed E-state index contributed by atoms with van der Waals surface area (Å²) in [6.07, 6.45) is 4.02. The third-order valence-corrected chi connectivity index (χ3v) is 3.31. The van der Waals surface area contributed by atoms with Crippen LogP contribution >= 0.6 is 23.2 Å². The summed E-state index contributed by atoms with van der Waals surface area (Å²) in [5.41, 5.74) is 2.88. The molecule has 2 aromatic rings. The molecule has 0 amide bonds. The van der Waals surface area contributed by atoms with Crippen LogP contribution in [0.2, 0.25) is 5.02 Å². The number of alkyl halides is 1. The first-order chi connectivity index (χ1) is 10.2. The first-order valence-corrected chi connectivity index (χ1v) is 7.48. The Morgan fingerprint density at radius 3 is 2.86 bits per heavy atom. The van der Waals surface area contributed by atoms with E-state index in [1.54, 1.807) is 12.4 Å². The molecular formula is C17H15Cl2NO. The van der Waals surface area contributed by atoms with Gasteiger partial charge in [-0.05, 0) is 24.6 Å². The Balaban J connectivity index is 2.03. The lowest BCUT2D eigenvalue weighted by Gasteiger charge is -2.08. The van der Waals surface area contributed by atoms with E-state index in [4.69, 9.17) is 27.9 Å². The maximum Gasteiger partial charge on any atom is 0.139 e. The summed E-state index contributed by atoms with van der Waals surface area (Å²) in [4.78, 5) is 4.12. The fourth-order valence-electron chi connectivity index (χ4n) is 1.71. The highest BCUT2D eigenvalue weighted by atomic mass is 35.5. The monoisotopic (exact) mass is 319 g/mol. The Bertz CT molecular complexity index is 674. The van der Waals surface area contributed by atoms with Crippen molar-refractivity contribution in [3.63, 3.8) is 0 Å². The molecule has 0 aliphatic carbocycles. The molecule has 1 aromatic carbocycles. The summed E-state index contributed by atoms with van der Waals surface area (Å²) in [5, 5.41) is 0.709. The number of ether oxygens (including phenoxy) is 1. The van der Waals surface area contributed by atoms with Crippen molar-refractivity contribution in [3.8, 4) is 17.6 Å². The van der Waals surface area contributed by atoms with Gasteiger partial charge in [-0.15, -0.1) is 11.6 Å². The van der Waals surface area contributed by atoms with Crippen LogP contribution in [0.1, 0.15) is 23.1 Å². The molecule has 0 saturated carbocycles. The van der Waals surface area contributed by atoms with Crippen LogP contribution in [0.5, 0.6) is 5.75 Å². The molecule has 108 valence electrons. The molecule has 0 N–H and O–H groups in total. The minimum atomic E-state index is 0.402. The number of aryl methyl sites for hydroxylation is 1. The van der Waals surface area contributed by atoms with Crippen molar-refractivity contribution in [3.05, 3.63) is 58.4 Å². The largest absolute Gasteiger partial charge is 0.487 e. The molecule has 1 heterocycles. The predicted octanol–water partition coefficient (Wildman–Crippen LogP) is 4.60. The molecule has 2 rings (SSSR count). The smallest absolute Gasteiger partial charge is 0.139 e. The van der Waals surface area contributed by atoms with E-state index < -0.39 is 0 Å². The van der Waals surface area contributed by atoms with Gasteiger partial charge in [0.2, 0.25) is 0 Å². The van der Waals surface area contributed by atoms with Gasteiger partial charge in [0.15, 0.2) is 0 Å². The summed E-state index contributed by atoms with van der Waals surface area (Å²) in [7, 11) is 0. The van der Waals surface area contributed by atoms with Crippen LogP contribution in [0, 0.1) is 18.8 Å². The van der Waals surface area contributed by atoms with E-state index in [1.165, 1.54) is 0 Å². The van der Waals surface area contributed by atoms with Gasteiger partial charge in [-0.2, -0.15) is 0 Å². The number of halogens is 2. The number of aromatic nitrogens is 1. The molecule has 1 aromatic heterocycles. The highest BCUT2D eigenvalue weighted by molar-refractivity contribution is 6.31. The standard InChI is InChI=1S/C17H15Cl2NO/c1-13-5-6-15(17(19)8-13)12-21-16-9-14(10-20-11-16)4-2-3-7-18/h5-6,8-11H,3,7,12H2,1H3. The van der Waals surface area contributed by atoms with Crippen molar-refractivity contribution in [2.24, 2.45) is 0 Å². The predicted molar refractivity (Wildman–Crippen MR) is 87.0 cm³/mol. The Morgan fingerprint density at radius 2 is 2.10 bits per heavy atom. The van der Waals surface area contributed by atoms with Crippen molar-refractivity contribution in [2.75, 3.05) is 5.88 Å². The molecule has 0 aliphatic rings. The first-order valence-electron chi connectivity index (χ1n) is 6.57. The van der Waals surface area contributed by atoms with Crippen molar-refractivity contribution in [2.45, 2.75) is 20.0 Å². The van der Waals surface area contributed by atoms with Gasteiger partial charge < -0.3 is 4.74 Å². The molecule has 0 radical (unpaired) electrons. The van der Waals surface area contributed by atoms with E-state index in [1.807, 2.05) is 31.2 Å². The third kappa shape index (κ3) is 4.97. The average Bonchev–Trinajstić information content (AvgIpc) is 2.47. The van der Waals surface area contributed by atoms with Crippen LogP contribution in [0.4, 0.5) is 0 Å². The molecule has 0 saturated heterocycles. The van der Waals surface area contributed by atoms with E-state index in [9.17, 15) is 0 Å². The lowest BCUT2D eigenvalue weighted by Crippen LogP contribution is -1.97. The molecule has 21 heavy (non-hydrogen) atoms. The second kappa shape index (κ2) is 7.93. The van der Waals surface area contributed by atoms with Crippen LogP contribution in [-0.2, 0) is 6.61 Å². The molecule has 0 bridgehead atoms. The van der Waals surface area contributed by atoms with E-state index in [-0.39, 0.29) is 0 Å². The summed E-state index contributed by atoms with van der Waals surface area (Å²) in [6.45, 7) is 2.41. The number of nitrogens with zero attached hydrogens (tertiary/aromatic N) is 1. The van der Waals surface area contributed by atoms with E-state index in [0.717, 1.165) is 16.7 Å². The Labute approximate surface area is 135 Å². The third-order valence-electron chi connectivity index (χ3n) is 2.77. The molecular weight excluding hydrogens is 305 g/mol. The van der Waals surface area contributed by atoms with Crippen molar-refractivity contribution < 1.29 is 4.74 Å². The zero-order valence-corrected chi connectivity index (χ0v) is 13.2. The van der Waals surface area contributed by atoms with Gasteiger partial charge in [0, 0.05) is 34.6 Å². The van der Waals surface area contributed by atoms with Crippen molar-refractivity contribution in [1.29, 1.82) is 0 Å². The molecule has 0 aliphatic heterocycles. The fraction of sp³-hybridized carbons (Fsp3) is 0.235. The van der Waals surface area contributed by atoms with Crippen molar-refractivity contribution >= 4 is 23.2 Å². The maximum absolute atomic E-state index is 6.18.